The Hall–Kier alpha value is -2.98. The highest BCUT2D eigenvalue weighted by molar-refractivity contribution is 5.93. The smallest absolute Gasteiger partial charge is 0.238 e. The topological polar surface area (TPSA) is 64.7 Å². The third kappa shape index (κ3) is 6.76. The number of nitrogens with one attached hydrogen (secondary N) is 2. The molecule has 1 aliphatic rings. The van der Waals surface area contributed by atoms with Crippen molar-refractivity contribution in [1.82, 2.24) is 9.80 Å². The zero-order chi connectivity index (χ0) is 22.4. The number of nitrogens with zero attached hydrogens (tertiary/aromatic N) is 2. The minimum Gasteiger partial charge on any atom is -0.322 e. The van der Waals surface area contributed by atoms with Gasteiger partial charge in [-0.3, -0.25) is 19.4 Å². The fourth-order valence-corrected chi connectivity index (χ4v) is 3.31. The molecule has 10 heteroatoms. The summed E-state index contributed by atoms with van der Waals surface area (Å²) in [6, 6.07) is 5.64. The highest BCUT2D eigenvalue weighted by Gasteiger charge is 2.20. The normalized spacial score (nSPS) is 15.4. The lowest BCUT2D eigenvalue weighted by atomic mass is 10.3. The van der Waals surface area contributed by atoms with E-state index in [4.69, 9.17) is 0 Å². The van der Waals surface area contributed by atoms with E-state index in [1.807, 2.05) is 9.80 Å². The molecule has 0 bridgehead atoms. The average molecular weight is 438 g/mol. The average Bonchev–Trinajstić information content (AvgIpc) is 2.92. The molecule has 6 nitrogen and oxygen atoms in total. The van der Waals surface area contributed by atoms with Gasteiger partial charge < -0.3 is 10.6 Å². The minimum atomic E-state index is -0.725. The summed E-state index contributed by atoms with van der Waals surface area (Å²) in [6.07, 6.45) is 0.670. The summed E-state index contributed by atoms with van der Waals surface area (Å²) >= 11 is 0. The van der Waals surface area contributed by atoms with E-state index in [1.54, 1.807) is 0 Å². The first-order valence-corrected chi connectivity index (χ1v) is 9.74. The SMILES string of the molecule is O=C(CN1CCCN(CC(=O)Nc2cc(F)ccc2F)CC1)Nc1cc(F)ccc1F. The Morgan fingerprint density at radius 1 is 0.710 bits per heavy atom. The van der Waals surface area contributed by atoms with Crippen LogP contribution in [0.2, 0.25) is 0 Å². The Bertz CT molecular complexity index is 881. The fourth-order valence-electron chi connectivity index (χ4n) is 3.31. The van der Waals surface area contributed by atoms with Crippen LogP contribution in [-0.4, -0.2) is 60.9 Å². The van der Waals surface area contributed by atoms with E-state index in [0.717, 1.165) is 36.4 Å². The number of halogens is 4. The van der Waals surface area contributed by atoms with Gasteiger partial charge in [0.15, 0.2) is 0 Å². The number of carbonyl (C=O) groups excluding carboxylic acids is 2. The van der Waals surface area contributed by atoms with E-state index in [9.17, 15) is 27.2 Å². The van der Waals surface area contributed by atoms with Crippen molar-refractivity contribution in [2.45, 2.75) is 6.42 Å². The molecule has 1 heterocycles. The molecule has 2 aromatic rings. The van der Waals surface area contributed by atoms with Gasteiger partial charge in [-0.1, -0.05) is 0 Å². The summed E-state index contributed by atoms with van der Waals surface area (Å²) in [6.45, 7) is 2.09. The van der Waals surface area contributed by atoms with Crippen LogP contribution >= 0.6 is 0 Å². The summed E-state index contributed by atoms with van der Waals surface area (Å²) in [5.74, 6) is -3.71. The zero-order valence-corrected chi connectivity index (χ0v) is 16.6. The molecule has 0 spiro atoms. The van der Waals surface area contributed by atoms with Gasteiger partial charge in [0.1, 0.15) is 23.3 Å². The van der Waals surface area contributed by atoms with Crippen molar-refractivity contribution in [3.05, 3.63) is 59.7 Å². The molecular weight excluding hydrogens is 416 g/mol. The minimum absolute atomic E-state index is 0.00943. The van der Waals surface area contributed by atoms with Crippen LogP contribution in [0, 0.1) is 23.3 Å². The number of hydrogen-bond acceptors (Lipinski definition) is 4. The van der Waals surface area contributed by atoms with Gasteiger partial charge in [0, 0.05) is 25.2 Å². The molecule has 1 saturated heterocycles. The summed E-state index contributed by atoms with van der Waals surface area (Å²) in [4.78, 5) is 28.1. The molecule has 31 heavy (non-hydrogen) atoms. The molecule has 0 aromatic heterocycles. The molecule has 166 valence electrons. The summed E-state index contributed by atoms with van der Waals surface area (Å²) in [7, 11) is 0. The fraction of sp³-hybridized carbons (Fsp3) is 0.333. The third-order valence-electron chi connectivity index (χ3n) is 4.82. The van der Waals surface area contributed by atoms with Gasteiger partial charge in [0.05, 0.1) is 24.5 Å². The van der Waals surface area contributed by atoms with Gasteiger partial charge in [-0.2, -0.15) is 0 Å². The van der Waals surface area contributed by atoms with E-state index in [1.165, 1.54) is 0 Å². The number of anilines is 2. The first-order valence-electron chi connectivity index (χ1n) is 9.74. The summed E-state index contributed by atoms with van der Waals surface area (Å²) in [5, 5.41) is 4.72. The van der Waals surface area contributed by atoms with Crippen molar-refractivity contribution in [2.24, 2.45) is 0 Å². The largest absolute Gasteiger partial charge is 0.322 e. The molecule has 0 unspecified atom stereocenters. The van der Waals surface area contributed by atoms with Crippen molar-refractivity contribution >= 4 is 23.2 Å². The molecule has 3 rings (SSSR count). The first-order chi connectivity index (χ1) is 14.8. The van der Waals surface area contributed by atoms with Gasteiger partial charge >= 0.3 is 0 Å². The van der Waals surface area contributed by atoms with Crippen LogP contribution in [-0.2, 0) is 9.59 Å². The van der Waals surface area contributed by atoms with Crippen LogP contribution in [0.5, 0.6) is 0 Å². The molecule has 0 atom stereocenters. The van der Waals surface area contributed by atoms with Gasteiger partial charge in [-0.15, -0.1) is 0 Å². The Kier molecular flexibility index (Phi) is 7.59. The Morgan fingerprint density at radius 2 is 1.13 bits per heavy atom. The number of carbonyl (C=O) groups is 2. The monoisotopic (exact) mass is 438 g/mol. The maximum Gasteiger partial charge on any atom is 0.238 e. The van der Waals surface area contributed by atoms with Gasteiger partial charge in [-0.25, -0.2) is 17.6 Å². The summed E-state index contributed by atoms with van der Waals surface area (Å²) < 4.78 is 53.8. The second-order valence-electron chi connectivity index (χ2n) is 7.25. The molecule has 1 fully saturated rings. The molecule has 0 radical (unpaired) electrons. The van der Waals surface area contributed by atoms with Crippen LogP contribution in [0.1, 0.15) is 6.42 Å². The van der Waals surface area contributed by atoms with Gasteiger partial charge in [0.2, 0.25) is 11.8 Å². The van der Waals surface area contributed by atoms with Gasteiger partial charge in [0.25, 0.3) is 0 Å². The molecule has 1 aliphatic heterocycles. The summed E-state index contributed by atoms with van der Waals surface area (Å²) in [5.41, 5.74) is -0.439. The lowest BCUT2D eigenvalue weighted by molar-refractivity contribution is -0.118. The molecule has 0 saturated carbocycles. The Labute approximate surface area is 176 Å². The number of hydrogen-bond donors (Lipinski definition) is 2. The van der Waals surface area contributed by atoms with E-state index in [2.05, 4.69) is 10.6 Å². The predicted molar refractivity (Wildman–Crippen MR) is 107 cm³/mol. The highest BCUT2D eigenvalue weighted by Crippen LogP contribution is 2.16. The highest BCUT2D eigenvalue weighted by atomic mass is 19.1. The van der Waals surface area contributed by atoms with E-state index >= 15 is 0 Å². The first kappa shape index (κ1) is 22.7. The third-order valence-corrected chi connectivity index (χ3v) is 4.82. The second-order valence-corrected chi connectivity index (χ2v) is 7.25. The van der Waals surface area contributed by atoms with Crippen LogP contribution in [0.25, 0.3) is 0 Å². The molecular formula is C21H22F4N4O2. The maximum atomic E-state index is 13.7. The van der Waals surface area contributed by atoms with Crippen LogP contribution in [0.15, 0.2) is 36.4 Å². The van der Waals surface area contributed by atoms with Crippen molar-refractivity contribution in [3.63, 3.8) is 0 Å². The van der Waals surface area contributed by atoms with Crippen LogP contribution in [0.3, 0.4) is 0 Å². The maximum absolute atomic E-state index is 13.7. The van der Waals surface area contributed by atoms with Gasteiger partial charge in [-0.05, 0) is 43.8 Å². The molecule has 2 aromatic carbocycles. The number of amides is 2. The standard InChI is InChI=1S/C21H22F4N4O2/c22-14-2-4-16(24)18(10-14)26-20(30)12-28-6-1-7-29(9-8-28)13-21(31)27-19-11-15(23)3-5-17(19)25/h2-5,10-11H,1,6-9,12-13H2,(H,26,30)(H,27,31). The van der Waals surface area contributed by atoms with Crippen LogP contribution in [0.4, 0.5) is 28.9 Å². The quantitative estimate of drug-likeness (QED) is 0.681. The lowest BCUT2D eigenvalue weighted by Crippen LogP contribution is -2.38. The van der Waals surface area contributed by atoms with Crippen LogP contribution < -0.4 is 10.6 Å². The second kappa shape index (κ2) is 10.4. The van der Waals surface area contributed by atoms with Crippen molar-refractivity contribution in [2.75, 3.05) is 49.9 Å². The molecule has 2 amide bonds. The molecule has 0 aliphatic carbocycles. The van der Waals surface area contributed by atoms with E-state index in [0.29, 0.717) is 32.6 Å². The molecule has 2 N–H and O–H groups in total. The predicted octanol–water partition coefficient (Wildman–Crippen LogP) is 2.83. The van der Waals surface area contributed by atoms with Crippen molar-refractivity contribution in [1.29, 1.82) is 0 Å². The van der Waals surface area contributed by atoms with Crippen molar-refractivity contribution in [3.8, 4) is 0 Å². The zero-order valence-electron chi connectivity index (χ0n) is 16.6. The lowest BCUT2D eigenvalue weighted by Gasteiger charge is -2.21. The Balaban J connectivity index is 1.47. The Morgan fingerprint density at radius 3 is 1.55 bits per heavy atom. The van der Waals surface area contributed by atoms with E-state index in [-0.39, 0.29) is 24.5 Å². The van der Waals surface area contributed by atoms with Crippen molar-refractivity contribution < 1.29 is 27.2 Å². The van der Waals surface area contributed by atoms with E-state index < -0.39 is 35.1 Å². The number of rotatable bonds is 6. The number of benzene rings is 2.